The van der Waals surface area contributed by atoms with Crippen molar-refractivity contribution in [2.24, 2.45) is 5.41 Å². The number of carboxylic acids is 1. The standard InChI is InChI=1S/C11H14ClNO3S/c1-11(2,3)8(10(15)16)13-9(14)6-4-5-7(12)17-6/h4-5,8H,1-3H3,(H,13,14)(H,15,16). The van der Waals surface area contributed by atoms with Gasteiger partial charge in [-0.05, 0) is 17.5 Å². The number of carboxylic acid groups (broad SMARTS) is 1. The van der Waals surface area contributed by atoms with Crippen molar-refractivity contribution < 1.29 is 14.7 Å². The van der Waals surface area contributed by atoms with E-state index in [1.807, 2.05) is 0 Å². The minimum atomic E-state index is -1.05. The summed E-state index contributed by atoms with van der Waals surface area (Å²) in [4.78, 5) is 23.3. The molecule has 1 aromatic heterocycles. The topological polar surface area (TPSA) is 66.4 Å². The Hall–Kier alpha value is -1.07. The minimum Gasteiger partial charge on any atom is -0.480 e. The van der Waals surface area contributed by atoms with Crippen LogP contribution in [0.25, 0.3) is 0 Å². The molecule has 94 valence electrons. The molecule has 6 heteroatoms. The van der Waals surface area contributed by atoms with E-state index in [2.05, 4.69) is 5.32 Å². The van der Waals surface area contributed by atoms with Crippen molar-refractivity contribution in [2.45, 2.75) is 26.8 Å². The number of halogens is 1. The van der Waals surface area contributed by atoms with Crippen LogP contribution in [-0.2, 0) is 4.79 Å². The molecule has 1 aromatic rings. The van der Waals surface area contributed by atoms with E-state index in [9.17, 15) is 9.59 Å². The zero-order chi connectivity index (χ0) is 13.2. The number of hydrogen-bond donors (Lipinski definition) is 2. The van der Waals surface area contributed by atoms with E-state index < -0.39 is 23.3 Å². The van der Waals surface area contributed by atoms with E-state index in [0.29, 0.717) is 9.21 Å². The Bertz CT molecular complexity index is 436. The molecule has 1 rings (SSSR count). The highest BCUT2D eigenvalue weighted by atomic mass is 35.5. The van der Waals surface area contributed by atoms with Gasteiger partial charge in [-0.3, -0.25) is 4.79 Å². The Morgan fingerprint density at radius 2 is 2.00 bits per heavy atom. The van der Waals surface area contributed by atoms with Crippen LogP contribution in [-0.4, -0.2) is 23.0 Å². The molecule has 0 radical (unpaired) electrons. The van der Waals surface area contributed by atoms with Crippen LogP contribution >= 0.6 is 22.9 Å². The third-order valence-corrected chi connectivity index (χ3v) is 3.42. The van der Waals surface area contributed by atoms with Crippen molar-refractivity contribution in [1.29, 1.82) is 0 Å². The highest BCUT2D eigenvalue weighted by Crippen LogP contribution is 2.23. The summed E-state index contributed by atoms with van der Waals surface area (Å²) >= 11 is 6.84. The van der Waals surface area contributed by atoms with Crippen molar-refractivity contribution >= 4 is 34.8 Å². The molecule has 1 atom stereocenters. The van der Waals surface area contributed by atoms with Gasteiger partial charge in [0.2, 0.25) is 0 Å². The largest absolute Gasteiger partial charge is 0.480 e. The summed E-state index contributed by atoms with van der Waals surface area (Å²) in [5, 5.41) is 11.6. The first kappa shape index (κ1) is 14.0. The highest BCUT2D eigenvalue weighted by molar-refractivity contribution is 7.18. The maximum Gasteiger partial charge on any atom is 0.326 e. The van der Waals surface area contributed by atoms with Gasteiger partial charge in [-0.2, -0.15) is 0 Å². The molecule has 0 aliphatic carbocycles. The van der Waals surface area contributed by atoms with Gasteiger partial charge < -0.3 is 10.4 Å². The molecule has 1 unspecified atom stereocenters. The van der Waals surface area contributed by atoms with Crippen molar-refractivity contribution in [3.05, 3.63) is 21.3 Å². The average Bonchev–Trinajstić information content (AvgIpc) is 2.58. The Morgan fingerprint density at radius 3 is 2.35 bits per heavy atom. The maximum atomic E-state index is 11.8. The molecule has 0 aliphatic heterocycles. The van der Waals surface area contributed by atoms with Gasteiger partial charge in [-0.15, -0.1) is 11.3 Å². The molecule has 0 aliphatic rings. The summed E-state index contributed by atoms with van der Waals surface area (Å²) in [5.74, 6) is -1.46. The minimum absolute atomic E-state index is 0.408. The third kappa shape index (κ3) is 3.71. The van der Waals surface area contributed by atoms with E-state index in [1.165, 1.54) is 0 Å². The predicted octanol–water partition coefficient (Wildman–Crippen LogP) is 2.63. The van der Waals surface area contributed by atoms with Crippen LogP contribution in [0.15, 0.2) is 12.1 Å². The number of hydrogen-bond acceptors (Lipinski definition) is 3. The molecule has 4 nitrogen and oxygen atoms in total. The van der Waals surface area contributed by atoms with Gasteiger partial charge in [-0.25, -0.2) is 4.79 Å². The fraction of sp³-hybridized carbons (Fsp3) is 0.455. The number of rotatable bonds is 3. The summed E-state index contributed by atoms with van der Waals surface area (Å²) in [5.41, 5.74) is -0.553. The molecule has 0 bridgehead atoms. The molecular weight excluding hydrogens is 262 g/mol. The summed E-state index contributed by atoms with van der Waals surface area (Å²) < 4.78 is 0.498. The summed E-state index contributed by atoms with van der Waals surface area (Å²) in [6, 6.07) is 2.24. The van der Waals surface area contributed by atoms with Crippen LogP contribution in [0.4, 0.5) is 0 Å². The highest BCUT2D eigenvalue weighted by Gasteiger charge is 2.33. The SMILES string of the molecule is CC(C)(C)C(NC(=O)c1ccc(Cl)s1)C(=O)O. The molecule has 2 N–H and O–H groups in total. The van der Waals surface area contributed by atoms with Crippen LogP contribution in [0.3, 0.4) is 0 Å². The van der Waals surface area contributed by atoms with Crippen LogP contribution in [0.1, 0.15) is 30.4 Å². The zero-order valence-electron chi connectivity index (χ0n) is 9.78. The van der Waals surface area contributed by atoms with E-state index in [4.69, 9.17) is 16.7 Å². The number of carbonyl (C=O) groups excluding carboxylic acids is 1. The van der Waals surface area contributed by atoms with Gasteiger partial charge in [-0.1, -0.05) is 32.4 Å². The normalized spacial score (nSPS) is 13.2. The van der Waals surface area contributed by atoms with Crippen LogP contribution in [0, 0.1) is 5.41 Å². The van der Waals surface area contributed by atoms with Crippen LogP contribution in [0.2, 0.25) is 4.34 Å². The second-order valence-electron chi connectivity index (χ2n) is 4.71. The van der Waals surface area contributed by atoms with Gasteiger partial charge in [0.1, 0.15) is 6.04 Å². The summed E-state index contributed by atoms with van der Waals surface area (Å²) in [6.07, 6.45) is 0. The molecule has 0 saturated carbocycles. The van der Waals surface area contributed by atoms with Gasteiger partial charge >= 0.3 is 5.97 Å². The fourth-order valence-electron chi connectivity index (χ4n) is 1.29. The third-order valence-electron chi connectivity index (χ3n) is 2.19. The lowest BCUT2D eigenvalue weighted by Crippen LogP contribution is -2.48. The van der Waals surface area contributed by atoms with Crippen LogP contribution in [0.5, 0.6) is 0 Å². The first-order valence-electron chi connectivity index (χ1n) is 5.01. The zero-order valence-corrected chi connectivity index (χ0v) is 11.4. The first-order valence-corrected chi connectivity index (χ1v) is 6.20. The molecule has 0 fully saturated rings. The van der Waals surface area contributed by atoms with E-state index in [0.717, 1.165) is 11.3 Å². The quantitative estimate of drug-likeness (QED) is 0.891. The fourth-order valence-corrected chi connectivity index (χ4v) is 2.23. The van der Waals surface area contributed by atoms with E-state index in [-0.39, 0.29) is 0 Å². The molecule has 0 aromatic carbocycles. The first-order chi connectivity index (χ1) is 7.71. The average molecular weight is 276 g/mol. The maximum absolute atomic E-state index is 11.8. The van der Waals surface area contributed by atoms with Crippen molar-refractivity contribution in [3.63, 3.8) is 0 Å². The summed E-state index contributed by atoms with van der Waals surface area (Å²) in [6.45, 7) is 5.27. The Kier molecular flexibility index (Phi) is 4.16. The number of amides is 1. The van der Waals surface area contributed by atoms with E-state index >= 15 is 0 Å². The molecule has 17 heavy (non-hydrogen) atoms. The second kappa shape index (κ2) is 5.06. The molecule has 1 amide bonds. The lowest BCUT2D eigenvalue weighted by atomic mass is 9.87. The molecular formula is C11H14ClNO3S. The Labute approximate surface area is 109 Å². The Morgan fingerprint density at radius 1 is 1.41 bits per heavy atom. The summed E-state index contributed by atoms with van der Waals surface area (Å²) in [7, 11) is 0. The van der Waals surface area contributed by atoms with Gasteiger partial charge in [0.25, 0.3) is 5.91 Å². The number of carbonyl (C=O) groups is 2. The number of aliphatic carboxylic acids is 1. The lowest BCUT2D eigenvalue weighted by Gasteiger charge is -2.27. The van der Waals surface area contributed by atoms with Gasteiger partial charge in [0.15, 0.2) is 0 Å². The lowest BCUT2D eigenvalue weighted by molar-refractivity contribution is -0.142. The van der Waals surface area contributed by atoms with Gasteiger partial charge in [0, 0.05) is 0 Å². The molecule has 1 heterocycles. The molecule has 0 saturated heterocycles. The number of nitrogens with one attached hydrogen (secondary N) is 1. The Balaban J connectivity index is 2.82. The smallest absolute Gasteiger partial charge is 0.326 e. The van der Waals surface area contributed by atoms with E-state index in [1.54, 1.807) is 32.9 Å². The van der Waals surface area contributed by atoms with Crippen molar-refractivity contribution in [2.75, 3.05) is 0 Å². The number of thiophene rings is 1. The second-order valence-corrected chi connectivity index (χ2v) is 6.43. The monoisotopic (exact) mass is 275 g/mol. The predicted molar refractivity (Wildman–Crippen MR) is 67.7 cm³/mol. The van der Waals surface area contributed by atoms with Crippen LogP contribution < -0.4 is 5.32 Å². The molecule has 0 spiro atoms. The van der Waals surface area contributed by atoms with Crippen molar-refractivity contribution in [1.82, 2.24) is 5.32 Å². The van der Waals surface area contributed by atoms with Crippen molar-refractivity contribution in [3.8, 4) is 0 Å². The van der Waals surface area contributed by atoms with Gasteiger partial charge in [0.05, 0.1) is 9.21 Å².